The Bertz CT molecular complexity index is 293. The Morgan fingerprint density at radius 1 is 1.57 bits per heavy atom. The Labute approximate surface area is 79.1 Å². The zero-order chi connectivity index (χ0) is 10.8. The molecule has 0 bridgehead atoms. The van der Waals surface area contributed by atoms with Crippen LogP contribution in [0.25, 0.3) is 0 Å². The second-order valence-electron chi connectivity index (χ2n) is 2.89. The summed E-state index contributed by atoms with van der Waals surface area (Å²) in [4.78, 5) is 3.73. The van der Waals surface area contributed by atoms with E-state index in [4.69, 9.17) is 0 Å². The summed E-state index contributed by atoms with van der Waals surface area (Å²) < 4.78 is 38.3. The van der Waals surface area contributed by atoms with E-state index in [-0.39, 0.29) is 6.42 Å². The van der Waals surface area contributed by atoms with Gasteiger partial charge >= 0.3 is 6.18 Å². The first-order valence-electron chi connectivity index (χ1n) is 4.02. The number of hydrogen-bond acceptors (Lipinski definition) is 3. The molecule has 1 aromatic heterocycles. The Kier molecular flexibility index (Phi) is 3.10. The molecule has 1 aromatic rings. The first-order chi connectivity index (χ1) is 6.45. The van der Waals surface area contributed by atoms with Crippen molar-refractivity contribution < 1.29 is 13.2 Å². The molecular formula is C7H11F3N4. The minimum absolute atomic E-state index is 0.212. The highest BCUT2D eigenvalue weighted by Gasteiger charge is 2.39. The molecule has 0 amide bonds. The van der Waals surface area contributed by atoms with E-state index in [1.54, 1.807) is 7.05 Å². The van der Waals surface area contributed by atoms with E-state index in [1.165, 1.54) is 18.1 Å². The molecule has 80 valence electrons. The molecule has 0 spiro atoms. The molecule has 0 aliphatic rings. The summed E-state index contributed by atoms with van der Waals surface area (Å²) in [6, 6.07) is -1.58. The smallest absolute Gasteiger partial charge is 0.309 e. The average molecular weight is 208 g/mol. The van der Waals surface area contributed by atoms with Gasteiger partial charge in [0.05, 0.1) is 0 Å². The van der Waals surface area contributed by atoms with E-state index in [2.05, 4.69) is 15.4 Å². The molecule has 1 heterocycles. The molecule has 0 saturated carbocycles. The SMILES string of the molecule is CNC(Cc1ncnn1C)C(F)(F)F. The van der Waals surface area contributed by atoms with Gasteiger partial charge in [-0.3, -0.25) is 4.68 Å². The van der Waals surface area contributed by atoms with Crippen molar-refractivity contribution in [2.45, 2.75) is 18.6 Å². The summed E-state index contributed by atoms with van der Waals surface area (Å²) in [5, 5.41) is 5.90. The molecule has 1 rings (SSSR count). The summed E-state index contributed by atoms with van der Waals surface area (Å²) in [5.74, 6) is 0.307. The molecule has 0 radical (unpaired) electrons. The highest BCUT2D eigenvalue weighted by atomic mass is 19.4. The topological polar surface area (TPSA) is 42.7 Å². The Morgan fingerprint density at radius 2 is 2.21 bits per heavy atom. The van der Waals surface area contributed by atoms with Crippen LogP contribution in [0.15, 0.2) is 6.33 Å². The number of alkyl halides is 3. The van der Waals surface area contributed by atoms with Gasteiger partial charge in [0.2, 0.25) is 0 Å². The van der Waals surface area contributed by atoms with E-state index in [0.29, 0.717) is 5.82 Å². The molecule has 0 saturated heterocycles. The largest absolute Gasteiger partial charge is 0.404 e. The minimum atomic E-state index is -4.26. The molecule has 1 atom stereocenters. The molecule has 7 heteroatoms. The molecule has 0 aromatic carbocycles. The normalized spacial score (nSPS) is 14.4. The second-order valence-corrected chi connectivity index (χ2v) is 2.89. The molecule has 0 aliphatic heterocycles. The third-order valence-electron chi connectivity index (χ3n) is 1.94. The van der Waals surface area contributed by atoms with E-state index in [0.717, 1.165) is 0 Å². The Hall–Kier alpha value is -1.11. The molecule has 0 aliphatic carbocycles. The Morgan fingerprint density at radius 3 is 2.57 bits per heavy atom. The van der Waals surface area contributed by atoms with Crippen LogP contribution < -0.4 is 5.32 Å². The van der Waals surface area contributed by atoms with Gasteiger partial charge in [-0.1, -0.05) is 0 Å². The van der Waals surface area contributed by atoms with Crippen LogP contribution in [0.2, 0.25) is 0 Å². The van der Waals surface area contributed by atoms with Crippen LogP contribution in [-0.4, -0.2) is 34.0 Å². The predicted molar refractivity (Wildman–Crippen MR) is 43.6 cm³/mol. The zero-order valence-electron chi connectivity index (χ0n) is 7.84. The van der Waals surface area contributed by atoms with Gasteiger partial charge in [0, 0.05) is 13.5 Å². The molecule has 0 fully saturated rings. The van der Waals surface area contributed by atoms with Gasteiger partial charge in [-0.2, -0.15) is 18.3 Å². The van der Waals surface area contributed by atoms with Gasteiger partial charge in [0.25, 0.3) is 0 Å². The summed E-state index contributed by atoms with van der Waals surface area (Å²) in [7, 11) is 2.83. The van der Waals surface area contributed by atoms with Crippen LogP contribution >= 0.6 is 0 Å². The van der Waals surface area contributed by atoms with E-state index >= 15 is 0 Å². The average Bonchev–Trinajstić information content (AvgIpc) is 2.45. The minimum Gasteiger partial charge on any atom is -0.309 e. The van der Waals surface area contributed by atoms with Gasteiger partial charge in [-0.15, -0.1) is 0 Å². The van der Waals surface area contributed by atoms with Gasteiger partial charge in [0.15, 0.2) is 0 Å². The zero-order valence-corrected chi connectivity index (χ0v) is 7.84. The van der Waals surface area contributed by atoms with Crippen molar-refractivity contribution in [3.05, 3.63) is 12.2 Å². The lowest BCUT2D eigenvalue weighted by molar-refractivity contribution is -0.154. The number of nitrogens with zero attached hydrogens (tertiary/aromatic N) is 3. The van der Waals surface area contributed by atoms with Crippen LogP contribution in [0.4, 0.5) is 13.2 Å². The summed E-state index contributed by atoms with van der Waals surface area (Å²) in [5.41, 5.74) is 0. The van der Waals surface area contributed by atoms with Gasteiger partial charge in [0.1, 0.15) is 18.2 Å². The molecule has 1 N–H and O–H groups in total. The van der Waals surface area contributed by atoms with Crippen molar-refractivity contribution in [3.8, 4) is 0 Å². The molecule has 1 unspecified atom stereocenters. The van der Waals surface area contributed by atoms with Crippen LogP contribution in [-0.2, 0) is 13.5 Å². The number of rotatable bonds is 3. The van der Waals surface area contributed by atoms with Crippen molar-refractivity contribution in [1.29, 1.82) is 0 Å². The van der Waals surface area contributed by atoms with Crippen molar-refractivity contribution in [1.82, 2.24) is 20.1 Å². The Balaban J connectivity index is 2.71. The quantitative estimate of drug-likeness (QED) is 0.786. The van der Waals surface area contributed by atoms with Crippen molar-refractivity contribution in [3.63, 3.8) is 0 Å². The summed E-state index contributed by atoms with van der Waals surface area (Å²) in [6.07, 6.45) is -3.24. The van der Waals surface area contributed by atoms with Crippen LogP contribution in [0.5, 0.6) is 0 Å². The van der Waals surface area contributed by atoms with Gasteiger partial charge in [-0.25, -0.2) is 4.98 Å². The summed E-state index contributed by atoms with van der Waals surface area (Å²) in [6.45, 7) is 0. The maximum absolute atomic E-state index is 12.3. The number of hydrogen-bond donors (Lipinski definition) is 1. The first-order valence-corrected chi connectivity index (χ1v) is 4.02. The van der Waals surface area contributed by atoms with Gasteiger partial charge in [-0.05, 0) is 7.05 Å². The summed E-state index contributed by atoms with van der Waals surface area (Å²) >= 11 is 0. The van der Waals surface area contributed by atoms with Crippen molar-refractivity contribution in [2.24, 2.45) is 7.05 Å². The van der Waals surface area contributed by atoms with E-state index < -0.39 is 12.2 Å². The maximum atomic E-state index is 12.3. The molecule has 4 nitrogen and oxygen atoms in total. The lowest BCUT2D eigenvalue weighted by atomic mass is 10.2. The maximum Gasteiger partial charge on any atom is 0.404 e. The fraction of sp³-hybridized carbons (Fsp3) is 0.714. The highest BCUT2D eigenvalue weighted by molar-refractivity contribution is 4.91. The number of aromatic nitrogens is 3. The monoisotopic (exact) mass is 208 g/mol. The van der Waals surface area contributed by atoms with Gasteiger partial charge < -0.3 is 5.32 Å². The fourth-order valence-electron chi connectivity index (χ4n) is 1.07. The molecular weight excluding hydrogens is 197 g/mol. The predicted octanol–water partition coefficient (Wildman–Crippen LogP) is 0.508. The number of nitrogens with one attached hydrogen (secondary N) is 1. The van der Waals surface area contributed by atoms with Crippen molar-refractivity contribution in [2.75, 3.05) is 7.05 Å². The van der Waals surface area contributed by atoms with E-state index in [9.17, 15) is 13.2 Å². The first kappa shape index (κ1) is 11.0. The van der Waals surface area contributed by atoms with Crippen molar-refractivity contribution >= 4 is 0 Å². The number of halogens is 3. The highest BCUT2D eigenvalue weighted by Crippen LogP contribution is 2.21. The lowest BCUT2D eigenvalue weighted by Gasteiger charge is -2.18. The standard InChI is InChI=1S/C7H11F3N4/c1-11-5(7(8,9)10)3-6-12-4-13-14(6)2/h4-5,11H,3H2,1-2H3. The van der Waals surface area contributed by atoms with Crippen LogP contribution in [0.1, 0.15) is 5.82 Å². The van der Waals surface area contributed by atoms with Crippen LogP contribution in [0.3, 0.4) is 0 Å². The second kappa shape index (κ2) is 3.95. The van der Waals surface area contributed by atoms with Crippen LogP contribution in [0, 0.1) is 0 Å². The number of likely N-dealkylation sites (N-methyl/N-ethyl adjacent to an activating group) is 1. The lowest BCUT2D eigenvalue weighted by Crippen LogP contribution is -2.42. The third-order valence-corrected chi connectivity index (χ3v) is 1.94. The number of aryl methyl sites for hydroxylation is 1. The molecule has 14 heavy (non-hydrogen) atoms. The third kappa shape index (κ3) is 2.44. The van der Waals surface area contributed by atoms with E-state index in [1.807, 2.05) is 0 Å². The fourth-order valence-corrected chi connectivity index (χ4v) is 1.07.